The minimum Gasteiger partial charge on any atom is -0.478 e. The topological polar surface area (TPSA) is 37.3 Å². The number of carboxylic acids is 1. The van der Waals surface area contributed by atoms with E-state index in [2.05, 4.69) is 0 Å². The molecule has 0 saturated carbocycles. The summed E-state index contributed by atoms with van der Waals surface area (Å²) in [6.45, 7) is 1.19. The molecule has 0 aromatic heterocycles. The Labute approximate surface area is 71.6 Å². The third kappa shape index (κ3) is 1.49. The first-order valence-electron chi connectivity index (χ1n) is 3.32. The normalized spacial score (nSPS) is 10.2. The van der Waals surface area contributed by atoms with Crippen LogP contribution in [-0.4, -0.2) is 11.1 Å². The van der Waals surface area contributed by atoms with Crippen molar-refractivity contribution in [1.29, 1.82) is 0 Å². The van der Waals surface area contributed by atoms with E-state index in [4.69, 9.17) is 5.11 Å². The highest BCUT2D eigenvalue weighted by Gasteiger charge is 2.20. The molecule has 0 spiro atoms. The third-order valence-electron chi connectivity index (χ3n) is 1.57. The van der Waals surface area contributed by atoms with Crippen LogP contribution in [-0.2, 0) is 0 Å². The highest BCUT2D eigenvalue weighted by atomic mass is 19.2. The van der Waals surface area contributed by atoms with Crippen molar-refractivity contribution >= 4 is 5.97 Å². The van der Waals surface area contributed by atoms with Crippen molar-refractivity contribution in [2.24, 2.45) is 0 Å². The largest absolute Gasteiger partial charge is 0.478 e. The minimum absolute atomic E-state index is 0.149. The Morgan fingerprint density at radius 3 is 2.31 bits per heavy atom. The molecular formula is C8H5F3O2. The van der Waals surface area contributed by atoms with Crippen molar-refractivity contribution in [1.82, 2.24) is 0 Å². The first-order chi connectivity index (χ1) is 5.95. The van der Waals surface area contributed by atoms with Crippen molar-refractivity contribution < 1.29 is 23.1 Å². The van der Waals surface area contributed by atoms with Crippen LogP contribution in [0.15, 0.2) is 6.07 Å². The fourth-order valence-electron chi connectivity index (χ4n) is 0.976. The van der Waals surface area contributed by atoms with Crippen molar-refractivity contribution in [3.05, 3.63) is 34.6 Å². The van der Waals surface area contributed by atoms with Gasteiger partial charge in [0, 0.05) is 0 Å². The Hall–Kier alpha value is -1.52. The molecule has 0 amide bonds. The lowest BCUT2D eigenvalue weighted by Gasteiger charge is -2.03. The number of carboxylic acid groups (broad SMARTS) is 1. The second-order valence-electron chi connectivity index (χ2n) is 2.48. The van der Waals surface area contributed by atoms with E-state index >= 15 is 0 Å². The molecule has 1 N–H and O–H groups in total. The summed E-state index contributed by atoms with van der Waals surface area (Å²) in [5, 5.41) is 8.43. The molecular weight excluding hydrogens is 185 g/mol. The first kappa shape index (κ1) is 9.57. The number of aryl methyl sites for hydroxylation is 1. The van der Waals surface area contributed by atoms with E-state index < -0.39 is 29.0 Å². The molecule has 0 fully saturated rings. The van der Waals surface area contributed by atoms with Gasteiger partial charge >= 0.3 is 5.97 Å². The smallest absolute Gasteiger partial charge is 0.339 e. The Morgan fingerprint density at radius 2 is 1.85 bits per heavy atom. The third-order valence-corrected chi connectivity index (χ3v) is 1.57. The lowest BCUT2D eigenvalue weighted by Crippen LogP contribution is -2.07. The van der Waals surface area contributed by atoms with E-state index in [1.165, 1.54) is 6.92 Å². The van der Waals surface area contributed by atoms with Crippen molar-refractivity contribution in [3.8, 4) is 0 Å². The average molecular weight is 190 g/mol. The van der Waals surface area contributed by atoms with Crippen LogP contribution in [0.3, 0.4) is 0 Å². The van der Waals surface area contributed by atoms with Gasteiger partial charge in [0.05, 0.1) is 0 Å². The number of carbonyl (C=O) groups is 1. The molecule has 70 valence electrons. The monoisotopic (exact) mass is 190 g/mol. The molecule has 1 aromatic carbocycles. The molecule has 1 aromatic rings. The Morgan fingerprint density at radius 1 is 1.31 bits per heavy atom. The summed E-state index contributed by atoms with van der Waals surface area (Å²) in [4.78, 5) is 10.4. The van der Waals surface area contributed by atoms with E-state index in [-0.39, 0.29) is 5.56 Å². The fraction of sp³-hybridized carbons (Fsp3) is 0.125. The number of aromatic carboxylic acids is 1. The van der Waals surface area contributed by atoms with Gasteiger partial charge < -0.3 is 5.11 Å². The molecule has 2 nitrogen and oxygen atoms in total. The molecule has 5 heteroatoms. The Balaban J connectivity index is 3.53. The van der Waals surface area contributed by atoms with Gasteiger partial charge in [0.1, 0.15) is 5.56 Å². The first-order valence-corrected chi connectivity index (χ1v) is 3.32. The van der Waals surface area contributed by atoms with Crippen LogP contribution < -0.4 is 0 Å². The fourth-order valence-corrected chi connectivity index (χ4v) is 0.976. The standard InChI is InChI=1S/C8H5F3O2/c1-3-2-4(9)6(10)7(11)5(3)8(12)13/h2H,1H3,(H,12,13). The van der Waals surface area contributed by atoms with Crippen LogP contribution >= 0.6 is 0 Å². The van der Waals surface area contributed by atoms with Gasteiger partial charge in [-0.3, -0.25) is 0 Å². The number of halogens is 3. The summed E-state index contributed by atoms with van der Waals surface area (Å²) in [6, 6.07) is 0.641. The van der Waals surface area contributed by atoms with Gasteiger partial charge in [-0.2, -0.15) is 0 Å². The zero-order valence-electron chi connectivity index (χ0n) is 6.57. The SMILES string of the molecule is Cc1cc(F)c(F)c(F)c1C(=O)O. The summed E-state index contributed by atoms with van der Waals surface area (Å²) in [5.41, 5.74) is -0.984. The summed E-state index contributed by atoms with van der Waals surface area (Å²) in [5.74, 6) is -6.43. The molecule has 0 radical (unpaired) electrons. The van der Waals surface area contributed by atoms with Gasteiger partial charge in [-0.1, -0.05) is 0 Å². The maximum absolute atomic E-state index is 12.8. The van der Waals surface area contributed by atoms with Crippen LogP contribution in [0.4, 0.5) is 13.2 Å². The summed E-state index contributed by atoms with van der Waals surface area (Å²) in [6.07, 6.45) is 0. The van der Waals surface area contributed by atoms with Gasteiger partial charge in [-0.25, -0.2) is 18.0 Å². The lowest BCUT2D eigenvalue weighted by atomic mass is 10.1. The molecule has 0 saturated heterocycles. The number of rotatable bonds is 1. The van der Waals surface area contributed by atoms with Crippen LogP contribution in [0.5, 0.6) is 0 Å². The van der Waals surface area contributed by atoms with Gasteiger partial charge in [-0.05, 0) is 18.6 Å². The molecule has 0 aliphatic carbocycles. The lowest BCUT2D eigenvalue weighted by molar-refractivity contribution is 0.0689. The van der Waals surface area contributed by atoms with Gasteiger partial charge in [0.25, 0.3) is 0 Å². The van der Waals surface area contributed by atoms with Gasteiger partial charge in [-0.15, -0.1) is 0 Å². The van der Waals surface area contributed by atoms with Crippen LogP contribution in [0.2, 0.25) is 0 Å². The zero-order valence-corrected chi connectivity index (χ0v) is 6.57. The molecule has 0 unspecified atom stereocenters. The maximum Gasteiger partial charge on any atom is 0.339 e. The predicted octanol–water partition coefficient (Wildman–Crippen LogP) is 2.11. The zero-order chi connectivity index (χ0) is 10.2. The highest BCUT2D eigenvalue weighted by Crippen LogP contribution is 2.19. The van der Waals surface area contributed by atoms with E-state index in [0.29, 0.717) is 6.07 Å². The van der Waals surface area contributed by atoms with E-state index in [0.717, 1.165) is 0 Å². The van der Waals surface area contributed by atoms with Crippen molar-refractivity contribution in [2.75, 3.05) is 0 Å². The van der Waals surface area contributed by atoms with Crippen LogP contribution in [0.1, 0.15) is 15.9 Å². The van der Waals surface area contributed by atoms with E-state index in [9.17, 15) is 18.0 Å². The molecule has 0 bridgehead atoms. The molecule has 0 heterocycles. The second-order valence-corrected chi connectivity index (χ2v) is 2.48. The minimum atomic E-state index is -1.76. The average Bonchev–Trinajstić information content (AvgIpc) is 1.99. The summed E-state index contributed by atoms with van der Waals surface area (Å²) in [7, 11) is 0. The predicted molar refractivity (Wildman–Crippen MR) is 38.0 cm³/mol. The number of hydrogen-bond donors (Lipinski definition) is 1. The number of benzene rings is 1. The quantitative estimate of drug-likeness (QED) is 0.688. The summed E-state index contributed by atoms with van der Waals surface area (Å²) >= 11 is 0. The summed E-state index contributed by atoms with van der Waals surface area (Å²) < 4.78 is 37.8. The highest BCUT2D eigenvalue weighted by molar-refractivity contribution is 5.89. The number of hydrogen-bond acceptors (Lipinski definition) is 1. The Bertz CT molecular complexity index is 374. The van der Waals surface area contributed by atoms with Crippen LogP contribution in [0.25, 0.3) is 0 Å². The Kier molecular flexibility index (Phi) is 2.27. The molecule has 1 rings (SSSR count). The molecule has 0 atom stereocenters. The maximum atomic E-state index is 12.8. The second kappa shape index (κ2) is 3.08. The molecule has 0 aliphatic rings. The van der Waals surface area contributed by atoms with E-state index in [1.807, 2.05) is 0 Å². The van der Waals surface area contributed by atoms with Crippen molar-refractivity contribution in [3.63, 3.8) is 0 Å². The molecule has 0 aliphatic heterocycles. The molecule has 13 heavy (non-hydrogen) atoms. The van der Waals surface area contributed by atoms with E-state index in [1.54, 1.807) is 0 Å². The van der Waals surface area contributed by atoms with Gasteiger partial charge in [0.2, 0.25) is 0 Å². The van der Waals surface area contributed by atoms with Gasteiger partial charge in [0.15, 0.2) is 17.5 Å². The van der Waals surface area contributed by atoms with Crippen molar-refractivity contribution in [2.45, 2.75) is 6.92 Å². The van der Waals surface area contributed by atoms with Crippen LogP contribution in [0, 0.1) is 24.4 Å².